The summed E-state index contributed by atoms with van der Waals surface area (Å²) in [6, 6.07) is 5.96. The van der Waals surface area contributed by atoms with E-state index in [1.807, 2.05) is 19.1 Å². The molecule has 1 aliphatic rings. The molecule has 94 valence electrons. The van der Waals surface area contributed by atoms with Crippen molar-refractivity contribution in [1.29, 1.82) is 0 Å². The predicted molar refractivity (Wildman–Crippen MR) is 64.9 cm³/mol. The lowest BCUT2D eigenvalue weighted by atomic mass is 10.2. The Kier molecular flexibility index (Phi) is 3.27. The van der Waals surface area contributed by atoms with Crippen LogP contribution in [0.5, 0.6) is 0 Å². The third kappa shape index (κ3) is 2.85. The zero-order valence-corrected chi connectivity index (χ0v) is 9.82. The summed E-state index contributed by atoms with van der Waals surface area (Å²) in [5.74, 6) is -0.791. The Morgan fingerprint density at radius 3 is 2.50 bits per heavy atom. The number of rotatable bonds is 3. The SMILES string of the molecule is Cc1ccc(NC(=O)C[C@@H]2NC(=O)NC2=O)cc1. The van der Waals surface area contributed by atoms with Gasteiger partial charge >= 0.3 is 6.03 Å². The summed E-state index contributed by atoms with van der Waals surface area (Å²) < 4.78 is 0. The average molecular weight is 247 g/mol. The molecule has 4 amide bonds. The van der Waals surface area contributed by atoms with Crippen molar-refractivity contribution >= 4 is 23.5 Å². The van der Waals surface area contributed by atoms with Crippen LogP contribution in [0.1, 0.15) is 12.0 Å². The van der Waals surface area contributed by atoms with Crippen LogP contribution >= 0.6 is 0 Å². The van der Waals surface area contributed by atoms with E-state index in [1.165, 1.54) is 0 Å². The second-order valence-electron chi connectivity index (χ2n) is 4.13. The van der Waals surface area contributed by atoms with Crippen LogP contribution in [0.2, 0.25) is 0 Å². The topological polar surface area (TPSA) is 87.3 Å². The minimum atomic E-state index is -0.789. The first-order valence-corrected chi connectivity index (χ1v) is 5.52. The summed E-state index contributed by atoms with van der Waals surface area (Å²) in [5, 5.41) is 7.10. The summed E-state index contributed by atoms with van der Waals surface area (Å²) in [6.45, 7) is 1.95. The molecular weight excluding hydrogens is 234 g/mol. The molecule has 0 unspecified atom stereocenters. The molecule has 1 aromatic carbocycles. The van der Waals surface area contributed by atoms with Crippen molar-refractivity contribution in [2.24, 2.45) is 0 Å². The normalized spacial score (nSPS) is 18.2. The van der Waals surface area contributed by atoms with Crippen LogP contribution in [0.3, 0.4) is 0 Å². The van der Waals surface area contributed by atoms with Crippen LogP contribution in [0, 0.1) is 6.92 Å². The van der Waals surface area contributed by atoms with Gasteiger partial charge in [-0.25, -0.2) is 4.79 Å². The molecule has 1 heterocycles. The molecule has 1 atom stereocenters. The van der Waals surface area contributed by atoms with Crippen molar-refractivity contribution in [3.8, 4) is 0 Å². The molecule has 0 bridgehead atoms. The molecule has 1 aromatic rings. The quantitative estimate of drug-likeness (QED) is 0.681. The van der Waals surface area contributed by atoms with Gasteiger partial charge in [-0.3, -0.25) is 14.9 Å². The highest BCUT2D eigenvalue weighted by molar-refractivity contribution is 6.06. The van der Waals surface area contributed by atoms with Gasteiger partial charge in [0.2, 0.25) is 5.91 Å². The van der Waals surface area contributed by atoms with Crippen LogP contribution in [-0.4, -0.2) is 23.9 Å². The number of amides is 4. The van der Waals surface area contributed by atoms with Crippen molar-refractivity contribution < 1.29 is 14.4 Å². The summed E-state index contributed by atoms with van der Waals surface area (Å²) >= 11 is 0. The number of hydrogen-bond donors (Lipinski definition) is 3. The van der Waals surface area contributed by atoms with Gasteiger partial charge in [0.05, 0.1) is 6.42 Å². The van der Waals surface area contributed by atoms with Crippen molar-refractivity contribution in [1.82, 2.24) is 10.6 Å². The molecule has 0 aliphatic carbocycles. The molecule has 0 radical (unpaired) electrons. The van der Waals surface area contributed by atoms with Gasteiger partial charge in [-0.2, -0.15) is 0 Å². The summed E-state index contributed by atoms with van der Waals surface area (Å²) in [6.07, 6.45) is -0.0779. The first kappa shape index (κ1) is 12.1. The first-order chi connectivity index (χ1) is 8.54. The Bertz CT molecular complexity index is 496. The van der Waals surface area contributed by atoms with E-state index >= 15 is 0 Å². The minimum absolute atomic E-state index is 0.0779. The number of hydrogen-bond acceptors (Lipinski definition) is 3. The van der Waals surface area contributed by atoms with Crippen molar-refractivity contribution in [2.75, 3.05) is 5.32 Å². The third-order valence-electron chi connectivity index (χ3n) is 2.58. The molecule has 6 heteroatoms. The minimum Gasteiger partial charge on any atom is -0.326 e. The van der Waals surface area contributed by atoms with Gasteiger partial charge in [0.15, 0.2) is 0 Å². The molecule has 6 nitrogen and oxygen atoms in total. The monoisotopic (exact) mass is 247 g/mol. The summed E-state index contributed by atoms with van der Waals surface area (Å²) in [4.78, 5) is 33.8. The number of nitrogens with one attached hydrogen (secondary N) is 3. The van der Waals surface area contributed by atoms with E-state index in [0.717, 1.165) is 5.56 Å². The van der Waals surface area contributed by atoms with E-state index < -0.39 is 18.0 Å². The smallest absolute Gasteiger partial charge is 0.322 e. The number of carbonyl (C=O) groups excluding carboxylic acids is 3. The second-order valence-corrected chi connectivity index (χ2v) is 4.13. The van der Waals surface area contributed by atoms with Crippen LogP contribution < -0.4 is 16.0 Å². The highest BCUT2D eigenvalue weighted by Crippen LogP contribution is 2.09. The van der Waals surface area contributed by atoms with Crippen molar-refractivity contribution in [3.63, 3.8) is 0 Å². The largest absolute Gasteiger partial charge is 0.326 e. The second kappa shape index (κ2) is 4.87. The molecule has 1 saturated heterocycles. The first-order valence-electron chi connectivity index (χ1n) is 5.52. The molecule has 3 N–H and O–H groups in total. The van der Waals surface area contributed by atoms with Gasteiger partial charge in [0.25, 0.3) is 5.91 Å². The molecule has 1 fully saturated rings. The van der Waals surface area contributed by atoms with Gasteiger partial charge in [-0.1, -0.05) is 17.7 Å². The maximum Gasteiger partial charge on any atom is 0.322 e. The summed E-state index contributed by atoms with van der Waals surface area (Å²) in [5.41, 5.74) is 1.76. The Labute approximate surface area is 104 Å². The van der Waals surface area contributed by atoms with Crippen LogP contribution in [0.15, 0.2) is 24.3 Å². The van der Waals surface area contributed by atoms with E-state index in [-0.39, 0.29) is 12.3 Å². The van der Waals surface area contributed by atoms with E-state index in [1.54, 1.807) is 12.1 Å². The number of anilines is 1. The number of carbonyl (C=O) groups is 3. The van der Waals surface area contributed by atoms with Crippen LogP contribution in [-0.2, 0) is 9.59 Å². The number of aryl methyl sites for hydroxylation is 1. The molecule has 0 saturated carbocycles. The lowest BCUT2D eigenvalue weighted by molar-refractivity contribution is -0.124. The average Bonchev–Trinajstić information content (AvgIpc) is 2.61. The molecule has 1 aliphatic heterocycles. The highest BCUT2D eigenvalue weighted by atomic mass is 16.2. The molecule has 0 spiro atoms. The zero-order chi connectivity index (χ0) is 13.1. The van der Waals surface area contributed by atoms with Gasteiger partial charge in [-0.05, 0) is 19.1 Å². The third-order valence-corrected chi connectivity index (χ3v) is 2.58. The molecule has 18 heavy (non-hydrogen) atoms. The van der Waals surface area contributed by atoms with Crippen LogP contribution in [0.25, 0.3) is 0 Å². The maximum absolute atomic E-state index is 11.7. The fourth-order valence-electron chi connectivity index (χ4n) is 1.64. The van der Waals surface area contributed by atoms with Gasteiger partial charge in [0, 0.05) is 5.69 Å². The Morgan fingerprint density at radius 1 is 1.28 bits per heavy atom. The lowest BCUT2D eigenvalue weighted by Crippen LogP contribution is -2.33. The molecular formula is C12H13N3O3. The van der Waals surface area contributed by atoms with Crippen molar-refractivity contribution in [3.05, 3.63) is 29.8 Å². The van der Waals surface area contributed by atoms with Gasteiger partial charge < -0.3 is 10.6 Å². The number of benzene rings is 1. The maximum atomic E-state index is 11.7. The fraction of sp³-hybridized carbons (Fsp3) is 0.250. The molecule has 2 rings (SSSR count). The van der Waals surface area contributed by atoms with Crippen LogP contribution in [0.4, 0.5) is 10.5 Å². The van der Waals surface area contributed by atoms with E-state index in [9.17, 15) is 14.4 Å². The number of urea groups is 1. The highest BCUT2D eigenvalue weighted by Gasteiger charge is 2.31. The predicted octanol–water partition coefficient (Wildman–Crippen LogP) is 0.532. The van der Waals surface area contributed by atoms with E-state index in [2.05, 4.69) is 16.0 Å². The Hall–Kier alpha value is -2.37. The van der Waals surface area contributed by atoms with E-state index in [4.69, 9.17) is 0 Å². The molecule has 0 aromatic heterocycles. The summed E-state index contributed by atoms with van der Waals surface area (Å²) in [7, 11) is 0. The van der Waals surface area contributed by atoms with Gasteiger partial charge in [-0.15, -0.1) is 0 Å². The standard InChI is InChI=1S/C12H13N3O3/c1-7-2-4-8(5-3-7)13-10(16)6-9-11(17)15-12(18)14-9/h2-5,9H,6H2,1H3,(H,13,16)(H2,14,15,17,18)/t9-/m0/s1. The Balaban J connectivity index is 1.91. The zero-order valence-electron chi connectivity index (χ0n) is 9.82. The number of imide groups is 1. The Morgan fingerprint density at radius 2 is 1.94 bits per heavy atom. The van der Waals surface area contributed by atoms with Gasteiger partial charge in [0.1, 0.15) is 6.04 Å². The lowest BCUT2D eigenvalue weighted by Gasteiger charge is -2.08. The fourth-order valence-corrected chi connectivity index (χ4v) is 1.64. The van der Waals surface area contributed by atoms with E-state index in [0.29, 0.717) is 5.69 Å². The van der Waals surface area contributed by atoms with Crippen molar-refractivity contribution in [2.45, 2.75) is 19.4 Å².